The zero-order valence-corrected chi connectivity index (χ0v) is 13.4. The lowest BCUT2D eigenvalue weighted by molar-refractivity contribution is 0.402. The number of ether oxygens (including phenoxy) is 2. The van der Waals surface area contributed by atoms with Crippen LogP contribution in [0.5, 0.6) is 11.6 Å². The molecule has 1 aromatic heterocycles. The summed E-state index contributed by atoms with van der Waals surface area (Å²) in [6, 6.07) is 13.9. The number of terminal acetylenes is 1. The Kier molecular flexibility index (Phi) is 3.91. The van der Waals surface area contributed by atoms with Crippen LogP contribution in [0.4, 0.5) is 0 Å². The van der Waals surface area contributed by atoms with E-state index in [0.717, 1.165) is 33.3 Å². The molecule has 0 atom stereocenters. The van der Waals surface area contributed by atoms with Crippen LogP contribution in [0.15, 0.2) is 42.5 Å². The Morgan fingerprint density at radius 3 is 2.30 bits per heavy atom. The molecule has 0 saturated heterocycles. The van der Waals surface area contributed by atoms with E-state index in [-0.39, 0.29) is 0 Å². The SMILES string of the molecule is C#Cc1c(-c2ccc(C)cc2)nc(OC)c2cc(OC)ccc12. The Labute approximate surface area is 135 Å². The summed E-state index contributed by atoms with van der Waals surface area (Å²) in [7, 11) is 3.24. The van der Waals surface area contributed by atoms with Gasteiger partial charge in [-0.15, -0.1) is 6.42 Å². The van der Waals surface area contributed by atoms with Gasteiger partial charge in [-0.1, -0.05) is 35.7 Å². The normalized spacial score (nSPS) is 10.3. The van der Waals surface area contributed by atoms with Crippen LogP contribution < -0.4 is 9.47 Å². The molecule has 0 spiro atoms. The van der Waals surface area contributed by atoms with Gasteiger partial charge in [0.25, 0.3) is 0 Å². The van der Waals surface area contributed by atoms with Crippen LogP contribution in [0, 0.1) is 19.3 Å². The highest BCUT2D eigenvalue weighted by Gasteiger charge is 2.15. The van der Waals surface area contributed by atoms with E-state index in [1.807, 2.05) is 49.4 Å². The molecule has 0 amide bonds. The van der Waals surface area contributed by atoms with Crippen molar-refractivity contribution < 1.29 is 9.47 Å². The van der Waals surface area contributed by atoms with Crippen molar-refractivity contribution in [2.24, 2.45) is 0 Å². The van der Waals surface area contributed by atoms with Crippen molar-refractivity contribution in [1.82, 2.24) is 4.98 Å². The second kappa shape index (κ2) is 6.02. The zero-order chi connectivity index (χ0) is 16.4. The number of fused-ring (bicyclic) bond motifs is 1. The third kappa shape index (κ3) is 2.60. The molecule has 0 fully saturated rings. The molecule has 0 bridgehead atoms. The van der Waals surface area contributed by atoms with Crippen molar-refractivity contribution in [3.05, 3.63) is 53.6 Å². The van der Waals surface area contributed by atoms with Gasteiger partial charge in [-0.2, -0.15) is 0 Å². The smallest absolute Gasteiger partial charge is 0.221 e. The van der Waals surface area contributed by atoms with Crippen molar-refractivity contribution >= 4 is 10.8 Å². The molecule has 3 rings (SSSR count). The first-order valence-corrected chi connectivity index (χ1v) is 7.27. The number of aromatic nitrogens is 1. The highest BCUT2D eigenvalue weighted by atomic mass is 16.5. The summed E-state index contributed by atoms with van der Waals surface area (Å²) in [6.45, 7) is 2.05. The summed E-state index contributed by atoms with van der Waals surface area (Å²) < 4.78 is 10.8. The Morgan fingerprint density at radius 1 is 0.957 bits per heavy atom. The number of methoxy groups -OCH3 is 2. The fourth-order valence-corrected chi connectivity index (χ4v) is 2.61. The number of aryl methyl sites for hydroxylation is 1. The van der Waals surface area contributed by atoms with Crippen molar-refractivity contribution in [2.45, 2.75) is 6.92 Å². The highest BCUT2D eigenvalue weighted by Crippen LogP contribution is 2.35. The van der Waals surface area contributed by atoms with Gasteiger partial charge >= 0.3 is 0 Å². The summed E-state index contributed by atoms with van der Waals surface area (Å²) in [6.07, 6.45) is 5.78. The Morgan fingerprint density at radius 2 is 1.70 bits per heavy atom. The molecule has 3 nitrogen and oxygen atoms in total. The molecule has 0 saturated carbocycles. The molecule has 0 aliphatic rings. The van der Waals surface area contributed by atoms with E-state index in [1.54, 1.807) is 14.2 Å². The van der Waals surface area contributed by atoms with Gasteiger partial charge in [0, 0.05) is 16.3 Å². The highest BCUT2D eigenvalue weighted by molar-refractivity contribution is 5.97. The quantitative estimate of drug-likeness (QED) is 0.679. The summed E-state index contributed by atoms with van der Waals surface area (Å²) in [4.78, 5) is 4.65. The molecule has 3 heteroatoms. The topological polar surface area (TPSA) is 31.4 Å². The largest absolute Gasteiger partial charge is 0.497 e. The van der Waals surface area contributed by atoms with Gasteiger partial charge in [-0.3, -0.25) is 0 Å². The molecule has 0 aliphatic heterocycles. The van der Waals surface area contributed by atoms with E-state index in [2.05, 4.69) is 10.9 Å². The van der Waals surface area contributed by atoms with E-state index >= 15 is 0 Å². The van der Waals surface area contributed by atoms with Crippen molar-refractivity contribution in [3.8, 4) is 35.2 Å². The first-order valence-electron chi connectivity index (χ1n) is 7.27. The minimum atomic E-state index is 0.536. The van der Waals surface area contributed by atoms with Crippen LogP contribution >= 0.6 is 0 Å². The fraction of sp³-hybridized carbons (Fsp3) is 0.150. The van der Waals surface area contributed by atoms with E-state index in [9.17, 15) is 0 Å². The first kappa shape index (κ1) is 14.9. The Hall–Kier alpha value is -2.99. The van der Waals surface area contributed by atoms with Crippen LogP contribution in [0.2, 0.25) is 0 Å². The van der Waals surface area contributed by atoms with Crippen LogP contribution in [-0.2, 0) is 0 Å². The molecule has 23 heavy (non-hydrogen) atoms. The maximum atomic E-state index is 5.78. The van der Waals surface area contributed by atoms with Crippen LogP contribution in [-0.4, -0.2) is 19.2 Å². The molecular formula is C20H17NO2. The molecule has 0 unspecified atom stereocenters. The Balaban J connectivity index is 2.35. The predicted octanol–water partition coefficient (Wildman–Crippen LogP) is 4.21. The van der Waals surface area contributed by atoms with Gasteiger partial charge in [0.15, 0.2) is 0 Å². The number of benzene rings is 2. The van der Waals surface area contributed by atoms with Gasteiger partial charge in [0.05, 0.1) is 25.5 Å². The average Bonchev–Trinajstić information content (AvgIpc) is 2.60. The molecule has 2 aromatic carbocycles. The lowest BCUT2D eigenvalue weighted by Crippen LogP contribution is -1.97. The maximum absolute atomic E-state index is 5.78. The summed E-state index contributed by atoms with van der Waals surface area (Å²) in [5, 5.41) is 1.77. The second-order valence-electron chi connectivity index (χ2n) is 5.27. The fourth-order valence-electron chi connectivity index (χ4n) is 2.61. The lowest BCUT2D eigenvalue weighted by atomic mass is 9.99. The summed E-state index contributed by atoms with van der Waals surface area (Å²) in [5.41, 5.74) is 3.67. The van der Waals surface area contributed by atoms with Crippen molar-refractivity contribution in [3.63, 3.8) is 0 Å². The van der Waals surface area contributed by atoms with Gasteiger partial charge < -0.3 is 9.47 Å². The number of hydrogen-bond donors (Lipinski definition) is 0. The summed E-state index contributed by atoms with van der Waals surface area (Å²) in [5.74, 6) is 4.06. The van der Waals surface area contributed by atoms with Gasteiger partial charge in [0.1, 0.15) is 5.75 Å². The molecule has 1 heterocycles. The molecule has 0 N–H and O–H groups in total. The minimum Gasteiger partial charge on any atom is -0.497 e. The number of nitrogens with zero attached hydrogens (tertiary/aromatic N) is 1. The molecule has 0 aliphatic carbocycles. The van der Waals surface area contributed by atoms with E-state index in [4.69, 9.17) is 15.9 Å². The molecule has 3 aromatic rings. The van der Waals surface area contributed by atoms with Crippen molar-refractivity contribution in [2.75, 3.05) is 14.2 Å². The maximum Gasteiger partial charge on any atom is 0.221 e. The third-order valence-corrected chi connectivity index (χ3v) is 3.84. The van der Waals surface area contributed by atoms with Gasteiger partial charge in [-0.25, -0.2) is 4.98 Å². The van der Waals surface area contributed by atoms with Crippen molar-refractivity contribution in [1.29, 1.82) is 0 Å². The third-order valence-electron chi connectivity index (χ3n) is 3.84. The number of rotatable bonds is 3. The van der Waals surface area contributed by atoms with E-state index < -0.39 is 0 Å². The minimum absolute atomic E-state index is 0.536. The van der Waals surface area contributed by atoms with E-state index in [1.165, 1.54) is 5.56 Å². The average molecular weight is 303 g/mol. The first-order chi connectivity index (χ1) is 11.2. The monoisotopic (exact) mass is 303 g/mol. The number of hydrogen-bond acceptors (Lipinski definition) is 3. The van der Waals surface area contributed by atoms with Crippen LogP contribution in [0.1, 0.15) is 11.1 Å². The lowest BCUT2D eigenvalue weighted by Gasteiger charge is -2.13. The predicted molar refractivity (Wildman–Crippen MR) is 93.0 cm³/mol. The standard InChI is InChI=1S/C20H17NO2/c1-5-16-17-11-10-15(22-3)12-18(17)20(23-4)21-19(16)14-8-6-13(2)7-9-14/h1,6-12H,2-4H3. The van der Waals surface area contributed by atoms with E-state index in [0.29, 0.717) is 5.88 Å². The molecule has 0 radical (unpaired) electrons. The number of pyridine rings is 1. The van der Waals surface area contributed by atoms with Gasteiger partial charge in [-0.05, 0) is 25.1 Å². The Bertz CT molecular complexity index is 906. The van der Waals surface area contributed by atoms with Crippen LogP contribution in [0.25, 0.3) is 22.0 Å². The molecular weight excluding hydrogens is 286 g/mol. The van der Waals surface area contributed by atoms with Crippen LogP contribution in [0.3, 0.4) is 0 Å². The summed E-state index contributed by atoms with van der Waals surface area (Å²) >= 11 is 0. The second-order valence-corrected chi connectivity index (χ2v) is 5.27. The zero-order valence-electron chi connectivity index (χ0n) is 13.4. The van der Waals surface area contributed by atoms with Gasteiger partial charge in [0.2, 0.25) is 5.88 Å². The molecule has 114 valence electrons.